The van der Waals surface area contributed by atoms with Gasteiger partial charge in [-0.3, -0.25) is 9.59 Å². The van der Waals surface area contributed by atoms with Crippen LogP contribution in [0.25, 0.3) is 0 Å². The van der Waals surface area contributed by atoms with Gasteiger partial charge in [0.05, 0.1) is 11.4 Å². The van der Waals surface area contributed by atoms with Crippen LogP contribution < -0.4 is 10.1 Å². The number of halogens is 1. The van der Waals surface area contributed by atoms with Crippen LogP contribution in [0.3, 0.4) is 0 Å². The summed E-state index contributed by atoms with van der Waals surface area (Å²) in [5, 5.41) is 2.81. The van der Waals surface area contributed by atoms with Gasteiger partial charge in [-0.25, -0.2) is 4.39 Å². The highest BCUT2D eigenvalue weighted by Gasteiger charge is 2.52. The predicted octanol–water partition coefficient (Wildman–Crippen LogP) is 1.77. The molecule has 2 unspecified atom stereocenters. The van der Waals surface area contributed by atoms with Gasteiger partial charge in [-0.2, -0.15) is 0 Å². The Bertz CT molecular complexity index is 610. The number of fused-ring (bicyclic) bond motifs is 1. The molecule has 0 bridgehead atoms. The maximum absolute atomic E-state index is 12.8. The second-order valence-corrected chi connectivity index (χ2v) is 7.36. The Morgan fingerprint density at radius 2 is 2.22 bits per heavy atom. The van der Waals surface area contributed by atoms with Crippen molar-refractivity contribution < 1.29 is 18.7 Å². The summed E-state index contributed by atoms with van der Waals surface area (Å²) in [5.41, 5.74) is 0. The Balaban J connectivity index is 1.46. The van der Waals surface area contributed by atoms with Gasteiger partial charge < -0.3 is 15.0 Å². The molecule has 3 rings (SSSR count). The van der Waals surface area contributed by atoms with E-state index in [1.54, 1.807) is 28.8 Å². The summed E-state index contributed by atoms with van der Waals surface area (Å²) in [6, 6.07) is 5.33. The van der Waals surface area contributed by atoms with Crippen molar-refractivity contribution in [1.82, 2.24) is 10.2 Å². The SMILES string of the molecule is CC12CCC(=O)N1C(C(=O)NCCOc1ccc(F)cc1)CS2. The van der Waals surface area contributed by atoms with Crippen LogP contribution in [0.1, 0.15) is 19.8 Å². The summed E-state index contributed by atoms with van der Waals surface area (Å²) in [6.07, 6.45) is 1.31. The molecule has 7 heteroatoms. The van der Waals surface area contributed by atoms with Crippen LogP contribution >= 0.6 is 11.8 Å². The van der Waals surface area contributed by atoms with E-state index >= 15 is 0 Å². The maximum Gasteiger partial charge on any atom is 0.243 e. The third kappa shape index (κ3) is 3.29. The molecule has 1 aromatic carbocycles. The highest BCUT2D eigenvalue weighted by atomic mass is 32.2. The fraction of sp³-hybridized carbons (Fsp3) is 0.500. The first-order valence-electron chi connectivity index (χ1n) is 7.62. The first-order valence-corrected chi connectivity index (χ1v) is 8.60. The molecule has 1 aromatic rings. The number of ether oxygens (including phenoxy) is 1. The summed E-state index contributed by atoms with van der Waals surface area (Å²) in [7, 11) is 0. The van der Waals surface area contributed by atoms with Crippen LogP contribution in [0.4, 0.5) is 4.39 Å². The molecule has 5 nitrogen and oxygen atoms in total. The molecule has 0 spiro atoms. The second kappa shape index (κ2) is 6.39. The number of nitrogens with zero attached hydrogens (tertiary/aromatic N) is 1. The van der Waals surface area contributed by atoms with Gasteiger partial charge in [0.2, 0.25) is 11.8 Å². The van der Waals surface area contributed by atoms with E-state index in [4.69, 9.17) is 4.74 Å². The first kappa shape index (κ1) is 16.1. The minimum atomic E-state index is -0.397. The van der Waals surface area contributed by atoms with Crippen LogP contribution in [-0.2, 0) is 9.59 Å². The zero-order chi connectivity index (χ0) is 16.4. The van der Waals surface area contributed by atoms with Crippen molar-refractivity contribution in [3.8, 4) is 5.75 Å². The number of carbonyl (C=O) groups is 2. The Morgan fingerprint density at radius 3 is 2.96 bits per heavy atom. The smallest absolute Gasteiger partial charge is 0.243 e. The average Bonchev–Trinajstić information content (AvgIpc) is 3.02. The summed E-state index contributed by atoms with van der Waals surface area (Å²) >= 11 is 1.67. The van der Waals surface area contributed by atoms with Gasteiger partial charge in [-0.15, -0.1) is 11.8 Å². The molecule has 2 saturated heterocycles. The number of hydrogen-bond acceptors (Lipinski definition) is 4. The molecule has 1 N–H and O–H groups in total. The molecule has 2 fully saturated rings. The average molecular weight is 338 g/mol. The third-order valence-electron chi connectivity index (χ3n) is 4.23. The van der Waals surface area contributed by atoms with E-state index in [0.717, 1.165) is 6.42 Å². The lowest BCUT2D eigenvalue weighted by molar-refractivity contribution is -0.137. The van der Waals surface area contributed by atoms with E-state index < -0.39 is 6.04 Å². The minimum Gasteiger partial charge on any atom is -0.492 e. The summed E-state index contributed by atoms with van der Waals surface area (Å²) < 4.78 is 18.2. The van der Waals surface area contributed by atoms with Crippen LogP contribution in [0, 0.1) is 5.82 Å². The van der Waals surface area contributed by atoms with E-state index in [1.165, 1.54) is 12.1 Å². The highest BCUT2D eigenvalue weighted by molar-refractivity contribution is 8.01. The zero-order valence-electron chi connectivity index (χ0n) is 12.9. The normalized spacial score (nSPS) is 26.3. The Hall–Kier alpha value is -1.76. The van der Waals surface area contributed by atoms with Crippen molar-refractivity contribution in [1.29, 1.82) is 0 Å². The first-order chi connectivity index (χ1) is 11.0. The molecule has 0 aromatic heterocycles. The van der Waals surface area contributed by atoms with Gasteiger partial charge in [0, 0.05) is 12.2 Å². The Kier molecular flexibility index (Phi) is 4.48. The molecule has 0 saturated carbocycles. The molecule has 0 aliphatic carbocycles. The molecule has 0 radical (unpaired) electrons. The monoisotopic (exact) mass is 338 g/mol. The number of rotatable bonds is 5. The van der Waals surface area contributed by atoms with Crippen LogP contribution in [-0.4, -0.2) is 46.5 Å². The summed E-state index contributed by atoms with van der Waals surface area (Å²) in [6.45, 7) is 2.66. The number of carbonyl (C=O) groups excluding carboxylic acids is 2. The lowest BCUT2D eigenvalue weighted by Gasteiger charge is -2.29. The highest BCUT2D eigenvalue weighted by Crippen LogP contribution is 2.47. The lowest BCUT2D eigenvalue weighted by atomic mass is 10.2. The maximum atomic E-state index is 12.8. The van der Waals surface area contributed by atoms with Gasteiger partial charge >= 0.3 is 0 Å². The fourth-order valence-electron chi connectivity index (χ4n) is 3.01. The third-order valence-corrected chi connectivity index (χ3v) is 5.74. The number of thioether (sulfide) groups is 1. The fourth-order valence-corrected chi connectivity index (χ4v) is 4.44. The van der Waals surface area contributed by atoms with E-state index in [2.05, 4.69) is 5.32 Å². The Morgan fingerprint density at radius 1 is 1.48 bits per heavy atom. The molecular formula is C16H19FN2O3S. The molecule has 23 heavy (non-hydrogen) atoms. The lowest BCUT2D eigenvalue weighted by Crippen LogP contribution is -2.50. The van der Waals surface area contributed by atoms with Gasteiger partial charge in [-0.05, 0) is 37.6 Å². The van der Waals surface area contributed by atoms with Crippen molar-refractivity contribution in [2.24, 2.45) is 0 Å². The summed E-state index contributed by atoms with van der Waals surface area (Å²) in [4.78, 5) is 25.8. The van der Waals surface area contributed by atoms with Crippen LogP contribution in [0.5, 0.6) is 5.75 Å². The molecular weight excluding hydrogens is 319 g/mol. The molecule has 2 heterocycles. The van der Waals surface area contributed by atoms with Gasteiger partial charge in [0.25, 0.3) is 0 Å². The van der Waals surface area contributed by atoms with E-state index in [0.29, 0.717) is 31.1 Å². The van der Waals surface area contributed by atoms with Crippen molar-refractivity contribution in [3.63, 3.8) is 0 Å². The second-order valence-electron chi connectivity index (χ2n) is 5.86. The van der Waals surface area contributed by atoms with E-state index in [-0.39, 0.29) is 22.5 Å². The minimum absolute atomic E-state index is 0.0558. The zero-order valence-corrected chi connectivity index (χ0v) is 13.7. The molecule has 2 atom stereocenters. The number of benzene rings is 1. The van der Waals surface area contributed by atoms with Gasteiger partial charge in [0.1, 0.15) is 24.2 Å². The van der Waals surface area contributed by atoms with Crippen molar-refractivity contribution in [2.75, 3.05) is 18.9 Å². The van der Waals surface area contributed by atoms with Crippen molar-refractivity contribution in [2.45, 2.75) is 30.7 Å². The topological polar surface area (TPSA) is 58.6 Å². The number of amides is 2. The van der Waals surface area contributed by atoms with Gasteiger partial charge in [0.15, 0.2) is 0 Å². The van der Waals surface area contributed by atoms with Crippen LogP contribution in [0.15, 0.2) is 24.3 Å². The van der Waals surface area contributed by atoms with Gasteiger partial charge in [-0.1, -0.05) is 0 Å². The Labute approximate surface area is 138 Å². The van der Waals surface area contributed by atoms with E-state index in [9.17, 15) is 14.0 Å². The van der Waals surface area contributed by atoms with Crippen molar-refractivity contribution in [3.05, 3.63) is 30.1 Å². The number of nitrogens with one attached hydrogen (secondary N) is 1. The molecule has 2 aliphatic rings. The predicted molar refractivity (Wildman–Crippen MR) is 85.6 cm³/mol. The summed E-state index contributed by atoms with van der Waals surface area (Å²) in [5.74, 6) is 0.786. The molecule has 124 valence electrons. The standard InChI is InChI=1S/C16H19FN2O3S/c1-16-7-6-14(20)19(16)13(10-23-16)15(21)18-8-9-22-12-4-2-11(17)3-5-12/h2-5,13H,6-10H2,1H3,(H,18,21). The molecule has 2 aliphatic heterocycles. The number of hydrogen-bond donors (Lipinski definition) is 1. The quantitative estimate of drug-likeness (QED) is 0.832. The van der Waals surface area contributed by atoms with Crippen molar-refractivity contribution >= 4 is 23.6 Å². The molecule has 2 amide bonds. The van der Waals surface area contributed by atoms with E-state index in [1.807, 2.05) is 6.92 Å². The largest absolute Gasteiger partial charge is 0.492 e. The van der Waals surface area contributed by atoms with Crippen LogP contribution in [0.2, 0.25) is 0 Å².